The predicted octanol–water partition coefficient (Wildman–Crippen LogP) is 2.57. The molecule has 9 heteroatoms. The zero-order valence-electron chi connectivity index (χ0n) is 14.0. The highest BCUT2D eigenvalue weighted by atomic mass is 35.5. The Morgan fingerprint density at radius 3 is 2.67 bits per heavy atom. The van der Waals surface area contributed by atoms with Crippen LogP contribution in [0.1, 0.15) is 23.0 Å². The third kappa shape index (κ3) is 4.75. The van der Waals surface area contributed by atoms with Gasteiger partial charge in [-0.2, -0.15) is 5.48 Å². The molecule has 0 aliphatic heterocycles. The van der Waals surface area contributed by atoms with E-state index in [1.165, 1.54) is 22.9 Å². The first-order valence-corrected chi connectivity index (χ1v) is 8.37. The zero-order chi connectivity index (χ0) is 19.4. The fourth-order valence-corrected chi connectivity index (χ4v) is 2.69. The Morgan fingerprint density at radius 1 is 1.26 bits per heavy atom. The summed E-state index contributed by atoms with van der Waals surface area (Å²) in [4.78, 5) is 14.3. The van der Waals surface area contributed by atoms with E-state index in [0.29, 0.717) is 16.3 Å². The molecule has 0 amide bonds. The van der Waals surface area contributed by atoms with Crippen LogP contribution in [-0.4, -0.2) is 19.9 Å². The van der Waals surface area contributed by atoms with Crippen molar-refractivity contribution in [2.24, 2.45) is 0 Å². The normalized spacial score (nSPS) is 12.1. The van der Waals surface area contributed by atoms with Crippen LogP contribution in [0, 0.1) is 5.82 Å². The van der Waals surface area contributed by atoms with Crippen molar-refractivity contribution in [2.75, 3.05) is 0 Å². The summed E-state index contributed by atoms with van der Waals surface area (Å²) in [6.07, 6.45) is 0.0463. The number of nitrogens with zero attached hydrogens (tertiary/aromatic N) is 1. The molecule has 0 saturated carbocycles. The molecule has 0 saturated heterocycles. The van der Waals surface area contributed by atoms with E-state index in [2.05, 4.69) is 4.98 Å². The average Bonchev–Trinajstić information content (AvgIpc) is 3.02. The zero-order valence-corrected chi connectivity index (χ0v) is 14.8. The summed E-state index contributed by atoms with van der Waals surface area (Å²) in [6, 6.07) is 11.2. The standard InChI is InChI=1S/C18H17ClFN3O4/c19-15-7-13(20)4-3-12(15)10-27-14-5-1-11(2-6-14)8-23-9-16(17(24)22-26)21-18(23)25/h1-7,9,17,22,24,26H,8,10H2,(H,21,25). The number of rotatable bonds is 7. The van der Waals surface area contributed by atoms with E-state index in [4.69, 9.17) is 21.5 Å². The van der Waals surface area contributed by atoms with Crippen LogP contribution < -0.4 is 15.9 Å². The lowest BCUT2D eigenvalue weighted by molar-refractivity contribution is -0.00174. The maximum absolute atomic E-state index is 13.0. The van der Waals surface area contributed by atoms with E-state index in [9.17, 15) is 14.3 Å². The second-order valence-corrected chi connectivity index (χ2v) is 6.25. The van der Waals surface area contributed by atoms with Gasteiger partial charge in [-0.25, -0.2) is 9.18 Å². The van der Waals surface area contributed by atoms with Crippen molar-refractivity contribution in [1.29, 1.82) is 0 Å². The number of aliphatic hydroxyl groups is 1. The third-order valence-corrected chi connectivity index (χ3v) is 4.26. The number of H-pyrrole nitrogens is 1. The van der Waals surface area contributed by atoms with Crippen molar-refractivity contribution < 1.29 is 19.4 Å². The molecule has 0 bridgehead atoms. The van der Waals surface area contributed by atoms with Crippen LogP contribution in [-0.2, 0) is 13.2 Å². The molecule has 1 unspecified atom stereocenters. The van der Waals surface area contributed by atoms with E-state index in [-0.39, 0.29) is 18.8 Å². The maximum atomic E-state index is 13.0. The summed E-state index contributed by atoms with van der Waals surface area (Å²) in [7, 11) is 0. The summed E-state index contributed by atoms with van der Waals surface area (Å²) in [5.74, 6) is 0.194. The van der Waals surface area contributed by atoms with Crippen LogP contribution in [0.2, 0.25) is 5.02 Å². The highest BCUT2D eigenvalue weighted by Crippen LogP contribution is 2.20. The second kappa shape index (κ2) is 8.36. The Kier molecular flexibility index (Phi) is 5.92. The Balaban J connectivity index is 1.63. The van der Waals surface area contributed by atoms with Crippen molar-refractivity contribution >= 4 is 11.6 Å². The minimum atomic E-state index is -1.37. The molecule has 0 aliphatic carbocycles. The number of hydrogen-bond acceptors (Lipinski definition) is 5. The van der Waals surface area contributed by atoms with Crippen LogP contribution in [0.4, 0.5) is 4.39 Å². The minimum absolute atomic E-state index is 0.152. The Labute approximate surface area is 158 Å². The largest absolute Gasteiger partial charge is 0.489 e. The first-order chi connectivity index (χ1) is 13.0. The highest BCUT2D eigenvalue weighted by molar-refractivity contribution is 6.31. The van der Waals surface area contributed by atoms with Crippen LogP contribution >= 0.6 is 11.6 Å². The van der Waals surface area contributed by atoms with E-state index >= 15 is 0 Å². The SMILES string of the molecule is O=c1[nH]c(C(O)NO)cn1Cc1ccc(OCc2ccc(F)cc2Cl)cc1. The van der Waals surface area contributed by atoms with Gasteiger partial charge in [0.2, 0.25) is 0 Å². The van der Waals surface area contributed by atoms with Crippen molar-refractivity contribution in [2.45, 2.75) is 19.4 Å². The van der Waals surface area contributed by atoms with Gasteiger partial charge in [-0.3, -0.25) is 4.57 Å². The lowest BCUT2D eigenvalue weighted by Gasteiger charge is -2.09. The number of benzene rings is 2. The molecule has 1 aromatic heterocycles. The lowest BCUT2D eigenvalue weighted by Crippen LogP contribution is -2.18. The Bertz CT molecular complexity index is 971. The van der Waals surface area contributed by atoms with Gasteiger partial charge in [0.05, 0.1) is 17.3 Å². The number of hydrogen-bond donors (Lipinski definition) is 4. The predicted molar refractivity (Wildman–Crippen MR) is 96.2 cm³/mol. The molecule has 2 aromatic carbocycles. The molecular weight excluding hydrogens is 377 g/mol. The summed E-state index contributed by atoms with van der Waals surface area (Å²) in [5.41, 5.74) is 2.90. The minimum Gasteiger partial charge on any atom is -0.489 e. The van der Waals surface area contributed by atoms with Gasteiger partial charge in [0.15, 0.2) is 6.23 Å². The molecule has 0 aliphatic rings. The molecule has 1 atom stereocenters. The average molecular weight is 394 g/mol. The summed E-state index contributed by atoms with van der Waals surface area (Å²) >= 11 is 5.97. The topological polar surface area (TPSA) is 99.5 Å². The monoisotopic (exact) mass is 393 g/mol. The summed E-state index contributed by atoms with van der Waals surface area (Å²) in [6.45, 7) is 0.475. The van der Waals surface area contributed by atoms with Gasteiger partial charge in [-0.05, 0) is 29.8 Å². The number of ether oxygens (including phenoxy) is 1. The van der Waals surface area contributed by atoms with Crippen molar-refractivity contribution in [3.05, 3.63) is 86.8 Å². The van der Waals surface area contributed by atoms with Gasteiger partial charge in [0.25, 0.3) is 0 Å². The molecule has 3 aromatic rings. The molecule has 1 heterocycles. The molecule has 3 rings (SSSR count). The fraction of sp³-hybridized carbons (Fsp3) is 0.167. The third-order valence-electron chi connectivity index (χ3n) is 3.91. The van der Waals surface area contributed by atoms with Crippen molar-refractivity contribution in [3.63, 3.8) is 0 Å². The molecule has 7 nitrogen and oxygen atoms in total. The number of aromatic amines is 1. The van der Waals surface area contributed by atoms with Gasteiger partial charge >= 0.3 is 5.69 Å². The molecule has 27 heavy (non-hydrogen) atoms. The molecular formula is C18H17ClFN3O4. The highest BCUT2D eigenvalue weighted by Gasteiger charge is 2.11. The summed E-state index contributed by atoms with van der Waals surface area (Å²) < 4.78 is 20.1. The fourth-order valence-electron chi connectivity index (χ4n) is 2.47. The number of aromatic nitrogens is 2. The number of nitrogens with one attached hydrogen (secondary N) is 2. The molecule has 0 radical (unpaired) electrons. The molecule has 142 valence electrons. The van der Waals surface area contributed by atoms with E-state index in [0.717, 1.165) is 5.56 Å². The number of hydroxylamine groups is 1. The van der Waals surface area contributed by atoms with Crippen molar-refractivity contribution in [1.82, 2.24) is 15.0 Å². The van der Waals surface area contributed by atoms with E-state index < -0.39 is 17.7 Å². The first-order valence-electron chi connectivity index (χ1n) is 7.99. The molecule has 0 spiro atoms. The van der Waals surface area contributed by atoms with E-state index in [1.807, 2.05) is 0 Å². The van der Waals surface area contributed by atoms with E-state index in [1.54, 1.807) is 35.8 Å². The van der Waals surface area contributed by atoms with Crippen LogP contribution in [0.25, 0.3) is 0 Å². The van der Waals surface area contributed by atoms with Gasteiger partial charge in [-0.1, -0.05) is 29.8 Å². The number of aliphatic hydroxyl groups excluding tert-OH is 1. The first kappa shape index (κ1) is 19.1. The van der Waals surface area contributed by atoms with Gasteiger partial charge < -0.3 is 20.0 Å². The van der Waals surface area contributed by atoms with Gasteiger partial charge in [0.1, 0.15) is 18.2 Å². The molecule has 4 N–H and O–H groups in total. The summed E-state index contributed by atoms with van der Waals surface area (Å²) in [5, 5.41) is 18.5. The smallest absolute Gasteiger partial charge is 0.326 e. The maximum Gasteiger partial charge on any atom is 0.326 e. The van der Waals surface area contributed by atoms with Gasteiger partial charge in [-0.15, -0.1) is 0 Å². The quantitative estimate of drug-likeness (QED) is 0.365. The van der Waals surface area contributed by atoms with Crippen LogP contribution in [0.3, 0.4) is 0 Å². The Morgan fingerprint density at radius 2 is 2.00 bits per heavy atom. The van der Waals surface area contributed by atoms with Crippen LogP contribution in [0.15, 0.2) is 53.5 Å². The lowest BCUT2D eigenvalue weighted by atomic mass is 10.2. The Hall–Kier alpha value is -2.65. The number of imidazole rings is 1. The second-order valence-electron chi connectivity index (χ2n) is 5.84. The van der Waals surface area contributed by atoms with Gasteiger partial charge in [0, 0.05) is 11.8 Å². The number of halogens is 2. The molecule has 0 fully saturated rings. The van der Waals surface area contributed by atoms with Crippen molar-refractivity contribution in [3.8, 4) is 5.75 Å². The van der Waals surface area contributed by atoms with Crippen LogP contribution in [0.5, 0.6) is 5.75 Å².